The van der Waals surface area contributed by atoms with Crippen LogP contribution in [0.25, 0.3) is 0 Å². The highest BCUT2D eigenvalue weighted by Gasteiger charge is 2.28. The van der Waals surface area contributed by atoms with Crippen LogP contribution in [0.15, 0.2) is 23.2 Å². The Bertz CT molecular complexity index is 628. The van der Waals surface area contributed by atoms with Crippen LogP contribution in [0, 0.1) is 11.7 Å². The van der Waals surface area contributed by atoms with Gasteiger partial charge in [-0.2, -0.15) is 0 Å². The number of aliphatic imine (C=N–C) groups is 1. The van der Waals surface area contributed by atoms with E-state index in [4.69, 9.17) is 0 Å². The van der Waals surface area contributed by atoms with E-state index in [1.807, 2.05) is 32.0 Å². The van der Waals surface area contributed by atoms with E-state index in [0.29, 0.717) is 37.7 Å². The van der Waals surface area contributed by atoms with Gasteiger partial charge in [-0.3, -0.25) is 4.79 Å². The summed E-state index contributed by atoms with van der Waals surface area (Å²) in [4.78, 5) is 18.1. The molecule has 0 heterocycles. The van der Waals surface area contributed by atoms with Gasteiger partial charge in [-0.05, 0) is 51.6 Å². The Morgan fingerprint density at radius 1 is 1.23 bits per heavy atom. The molecule has 7 heteroatoms. The smallest absolute Gasteiger partial charge is 0.223 e. The molecule has 0 radical (unpaired) electrons. The van der Waals surface area contributed by atoms with Gasteiger partial charge in [0.15, 0.2) is 5.96 Å². The molecule has 26 heavy (non-hydrogen) atoms. The van der Waals surface area contributed by atoms with E-state index in [1.54, 1.807) is 6.07 Å². The fraction of sp³-hybridized carbons (Fsp3) is 0.579. The molecule has 1 aromatic rings. The van der Waals surface area contributed by atoms with Gasteiger partial charge in [0.05, 0.1) is 6.54 Å². The zero-order chi connectivity index (χ0) is 18.9. The van der Waals surface area contributed by atoms with Crippen molar-refractivity contribution in [1.29, 1.82) is 0 Å². The zero-order valence-corrected chi connectivity index (χ0v) is 15.9. The summed E-state index contributed by atoms with van der Waals surface area (Å²) in [7, 11) is 3.83. The fourth-order valence-electron chi connectivity index (χ4n) is 2.56. The van der Waals surface area contributed by atoms with Crippen molar-refractivity contribution in [3.63, 3.8) is 0 Å². The molecule has 1 saturated carbocycles. The molecule has 0 saturated heterocycles. The minimum absolute atomic E-state index is 0.147. The number of amides is 1. The van der Waals surface area contributed by atoms with Gasteiger partial charge in [-0.25, -0.2) is 9.38 Å². The van der Waals surface area contributed by atoms with E-state index in [-0.39, 0.29) is 17.6 Å². The molecule has 1 aliphatic rings. The molecule has 0 atom stereocenters. The lowest BCUT2D eigenvalue weighted by atomic mass is 10.1. The first-order valence-corrected chi connectivity index (χ1v) is 9.21. The summed E-state index contributed by atoms with van der Waals surface area (Å²) in [6.07, 6.45) is 2.02. The largest absolute Gasteiger partial charge is 0.357 e. The van der Waals surface area contributed by atoms with E-state index < -0.39 is 0 Å². The maximum atomic E-state index is 13.9. The van der Waals surface area contributed by atoms with E-state index in [0.717, 1.165) is 24.9 Å². The Balaban J connectivity index is 1.85. The van der Waals surface area contributed by atoms with Crippen LogP contribution >= 0.6 is 0 Å². The number of hydrogen-bond acceptors (Lipinski definition) is 3. The predicted molar refractivity (Wildman–Crippen MR) is 102 cm³/mol. The molecule has 0 aromatic heterocycles. The van der Waals surface area contributed by atoms with Crippen LogP contribution in [0.2, 0.25) is 0 Å². The number of carbonyl (C=O) groups is 1. The maximum absolute atomic E-state index is 13.9. The van der Waals surface area contributed by atoms with Gasteiger partial charge >= 0.3 is 0 Å². The van der Waals surface area contributed by atoms with Crippen molar-refractivity contribution in [2.24, 2.45) is 10.9 Å². The number of nitrogens with zero attached hydrogens (tertiary/aromatic N) is 2. The van der Waals surface area contributed by atoms with Crippen molar-refractivity contribution < 1.29 is 9.18 Å². The Kier molecular flexibility index (Phi) is 7.84. The van der Waals surface area contributed by atoms with Crippen LogP contribution < -0.4 is 16.0 Å². The van der Waals surface area contributed by atoms with Crippen LogP contribution in [-0.4, -0.2) is 50.5 Å². The van der Waals surface area contributed by atoms with Gasteiger partial charge in [0.25, 0.3) is 0 Å². The van der Waals surface area contributed by atoms with E-state index >= 15 is 0 Å². The quantitative estimate of drug-likeness (QED) is 0.353. The van der Waals surface area contributed by atoms with Crippen molar-refractivity contribution in [3.05, 3.63) is 35.1 Å². The summed E-state index contributed by atoms with van der Waals surface area (Å²) in [5.41, 5.74) is 1.63. The number of hydrogen-bond donors (Lipinski definition) is 3. The zero-order valence-electron chi connectivity index (χ0n) is 15.9. The fourth-order valence-corrected chi connectivity index (χ4v) is 2.56. The highest BCUT2D eigenvalue weighted by molar-refractivity contribution is 5.81. The summed E-state index contributed by atoms with van der Waals surface area (Å²) in [5.74, 6) is 0.870. The summed E-state index contributed by atoms with van der Waals surface area (Å²) in [6, 6.07) is 5.12. The van der Waals surface area contributed by atoms with Crippen LogP contribution in [0.3, 0.4) is 0 Å². The Morgan fingerprint density at radius 2 is 1.96 bits per heavy atom. The third kappa shape index (κ3) is 7.00. The third-order valence-corrected chi connectivity index (χ3v) is 4.03. The number of carbonyl (C=O) groups excluding carboxylic acids is 1. The second kappa shape index (κ2) is 10.1. The van der Waals surface area contributed by atoms with Gasteiger partial charge < -0.3 is 20.9 Å². The first-order valence-electron chi connectivity index (χ1n) is 9.21. The second-order valence-electron chi connectivity index (χ2n) is 6.85. The van der Waals surface area contributed by atoms with Crippen LogP contribution in [0.4, 0.5) is 4.39 Å². The normalized spacial score (nSPS) is 14.4. The Morgan fingerprint density at radius 3 is 2.62 bits per heavy atom. The number of guanidine groups is 1. The molecule has 6 nitrogen and oxygen atoms in total. The topological polar surface area (TPSA) is 68.8 Å². The first kappa shape index (κ1) is 20.2. The third-order valence-electron chi connectivity index (χ3n) is 4.03. The van der Waals surface area contributed by atoms with Crippen LogP contribution in [0.5, 0.6) is 0 Å². The highest BCUT2D eigenvalue weighted by atomic mass is 19.1. The molecular formula is C19H30FN5O. The molecule has 1 fully saturated rings. The first-order chi connectivity index (χ1) is 12.5. The minimum Gasteiger partial charge on any atom is -0.357 e. The molecule has 144 valence electrons. The summed E-state index contributed by atoms with van der Waals surface area (Å²) in [6.45, 7) is 4.95. The van der Waals surface area contributed by atoms with Crippen molar-refractivity contribution in [2.75, 3.05) is 33.7 Å². The molecule has 0 unspecified atom stereocenters. The van der Waals surface area contributed by atoms with Gasteiger partial charge in [0.2, 0.25) is 5.91 Å². The average molecular weight is 363 g/mol. The molecule has 2 rings (SSSR count). The van der Waals surface area contributed by atoms with Crippen LogP contribution in [-0.2, 0) is 17.9 Å². The van der Waals surface area contributed by atoms with Gasteiger partial charge in [0.1, 0.15) is 5.82 Å². The van der Waals surface area contributed by atoms with Gasteiger partial charge in [-0.15, -0.1) is 0 Å². The van der Waals surface area contributed by atoms with Gasteiger partial charge in [0, 0.05) is 37.7 Å². The molecule has 0 aliphatic heterocycles. The monoisotopic (exact) mass is 363 g/mol. The molecule has 1 aromatic carbocycles. The molecule has 0 bridgehead atoms. The van der Waals surface area contributed by atoms with E-state index in [2.05, 4.69) is 20.9 Å². The Hall–Kier alpha value is -2.15. The summed E-state index contributed by atoms with van der Waals surface area (Å²) >= 11 is 0. The van der Waals surface area contributed by atoms with Crippen molar-refractivity contribution in [2.45, 2.75) is 32.9 Å². The lowest BCUT2D eigenvalue weighted by Gasteiger charge is -2.13. The molecule has 0 spiro atoms. The Labute approximate surface area is 155 Å². The van der Waals surface area contributed by atoms with Crippen molar-refractivity contribution >= 4 is 11.9 Å². The predicted octanol–water partition coefficient (Wildman–Crippen LogP) is 1.47. The maximum Gasteiger partial charge on any atom is 0.223 e. The number of rotatable bonds is 9. The molecule has 3 N–H and O–H groups in total. The van der Waals surface area contributed by atoms with E-state index in [9.17, 15) is 9.18 Å². The molecule has 1 aliphatic carbocycles. The van der Waals surface area contributed by atoms with Crippen molar-refractivity contribution in [3.8, 4) is 0 Å². The lowest BCUT2D eigenvalue weighted by molar-refractivity contribution is -0.122. The van der Waals surface area contributed by atoms with Gasteiger partial charge in [-0.1, -0.05) is 6.07 Å². The number of nitrogens with one attached hydrogen (secondary N) is 3. The summed E-state index contributed by atoms with van der Waals surface area (Å²) < 4.78 is 13.9. The highest BCUT2D eigenvalue weighted by Crippen LogP contribution is 2.28. The van der Waals surface area contributed by atoms with Crippen molar-refractivity contribution in [1.82, 2.24) is 20.9 Å². The van der Waals surface area contributed by atoms with E-state index in [1.165, 1.54) is 6.07 Å². The SMILES string of the molecule is CCNC(=NCc1ccc(F)c(CN(C)C)c1)NCCNC(=O)C1CC1. The van der Waals surface area contributed by atoms with Crippen LogP contribution in [0.1, 0.15) is 30.9 Å². The number of halogens is 1. The lowest BCUT2D eigenvalue weighted by Crippen LogP contribution is -2.41. The standard InChI is InChI=1S/C19H30FN5O/c1-4-21-19(23-10-9-22-18(26)15-6-7-15)24-12-14-5-8-17(20)16(11-14)13-25(2)3/h5,8,11,15H,4,6-7,9-10,12-13H2,1-3H3,(H,22,26)(H2,21,23,24). The number of benzene rings is 1. The molecular weight excluding hydrogens is 333 g/mol. The summed E-state index contributed by atoms with van der Waals surface area (Å²) in [5, 5.41) is 9.30. The molecule has 1 amide bonds. The minimum atomic E-state index is -0.192. The second-order valence-corrected chi connectivity index (χ2v) is 6.85. The average Bonchev–Trinajstić information content (AvgIpc) is 3.43.